The molecule has 4 aromatic rings. The normalized spacial score (nSPS) is 11.7. The fourth-order valence-corrected chi connectivity index (χ4v) is 2.95. The van der Waals surface area contributed by atoms with E-state index < -0.39 is 17.6 Å². The molecule has 0 radical (unpaired) electrons. The summed E-state index contributed by atoms with van der Waals surface area (Å²) >= 11 is 0. The minimum absolute atomic E-state index is 0.186. The number of carbonyl (C=O) groups is 1. The maximum absolute atomic E-state index is 13.1. The van der Waals surface area contributed by atoms with E-state index in [1.54, 1.807) is 42.0 Å². The van der Waals surface area contributed by atoms with Crippen LogP contribution in [0.4, 0.5) is 19.0 Å². The molecule has 0 aliphatic carbocycles. The summed E-state index contributed by atoms with van der Waals surface area (Å²) in [5.74, 6) is -0.192. The van der Waals surface area contributed by atoms with Gasteiger partial charge in [-0.25, -0.2) is 9.50 Å². The molecule has 28 heavy (non-hydrogen) atoms. The van der Waals surface area contributed by atoms with Crippen molar-refractivity contribution in [2.24, 2.45) is 0 Å². The molecule has 9 heteroatoms. The van der Waals surface area contributed by atoms with Crippen molar-refractivity contribution in [3.63, 3.8) is 0 Å². The Morgan fingerprint density at radius 1 is 1.11 bits per heavy atom. The molecule has 6 nitrogen and oxygen atoms in total. The Morgan fingerprint density at radius 3 is 2.68 bits per heavy atom. The Hall–Kier alpha value is -3.62. The van der Waals surface area contributed by atoms with E-state index in [9.17, 15) is 18.0 Å². The van der Waals surface area contributed by atoms with E-state index in [0.29, 0.717) is 16.9 Å². The highest BCUT2D eigenvalue weighted by Crippen LogP contribution is 2.32. The number of hydrogen-bond acceptors (Lipinski definition) is 3. The van der Waals surface area contributed by atoms with Crippen LogP contribution in [-0.4, -0.2) is 25.1 Å². The average Bonchev–Trinajstić information content (AvgIpc) is 3.31. The van der Waals surface area contributed by atoms with Gasteiger partial charge in [-0.15, -0.1) is 0 Å². The van der Waals surface area contributed by atoms with Crippen LogP contribution in [0.15, 0.2) is 61.2 Å². The molecule has 142 valence electrons. The second-order valence-electron chi connectivity index (χ2n) is 6.16. The lowest BCUT2D eigenvalue weighted by molar-refractivity contribution is -0.137. The Morgan fingerprint density at radius 2 is 1.89 bits per heavy atom. The number of rotatable bonds is 3. The molecule has 0 aliphatic rings. The fourth-order valence-electron chi connectivity index (χ4n) is 2.95. The minimum atomic E-state index is -4.47. The van der Waals surface area contributed by atoms with E-state index in [1.807, 2.05) is 0 Å². The minimum Gasteiger partial charge on any atom is -0.312 e. The number of aryl methyl sites for hydroxylation is 1. The van der Waals surface area contributed by atoms with E-state index >= 15 is 0 Å². The number of nitrogens with zero attached hydrogens (tertiary/aromatic N) is 4. The SMILES string of the molecule is Cc1ccc(C(F)(F)F)cc1-n1cccc1C(=O)Nc1ncnn2cccc12. The standard InChI is InChI=1S/C19H14F3N5O/c1-12-6-7-13(19(20,21)22)10-16(12)26-8-2-5-15(26)18(28)25-17-14-4-3-9-27(14)24-11-23-17/h2-11H,1H3,(H,23,24,25,28). The molecule has 0 spiro atoms. The summed E-state index contributed by atoms with van der Waals surface area (Å²) in [6, 6.07) is 10.1. The summed E-state index contributed by atoms with van der Waals surface area (Å²) in [5.41, 5.74) is 0.892. The molecule has 1 aromatic carbocycles. The van der Waals surface area contributed by atoms with E-state index in [2.05, 4.69) is 15.4 Å². The number of benzene rings is 1. The Kier molecular flexibility index (Phi) is 4.14. The molecule has 1 amide bonds. The Labute approximate surface area is 157 Å². The fraction of sp³-hybridized carbons (Fsp3) is 0.105. The molecule has 0 fully saturated rings. The van der Waals surface area contributed by atoms with Gasteiger partial charge in [0.15, 0.2) is 5.82 Å². The smallest absolute Gasteiger partial charge is 0.312 e. The summed E-state index contributed by atoms with van der Waals surface area (Å²) in [5, 5.41) is 6.72. The van der Waals surface area contributed by atoms with E-state index in [0.717, 1.165) is 12.1 Å². The van der Waals surface area contributed by atoms with Gasteiger partial charge in [0.05, 0.1) is 5.56 Å². The van der Waals surface area contributed by atoms with Crippen molar-refractivity contribution in [1.29, 1.82) is 0 Å². The van der Waals surface area contributed by atoms with E-state index in [-0.39, 0.29) is 11.4 Å². The molecule has 3 aromatic heterocycles. The van der Waals surface area contributed by atoms with E-state index in [1.165, 1.54) is 23.0 Å². The molecule has 4 rings (SSSR count). The molecular formula is C19H14F3N5O. The number of aromatic nitrogens is 4. The first kappa shape index (κ1) is 17.8. The molecule has 0 aliphatic heterocycles. The average molecular weight is 385 g/mol. The lowest BCUT2D eigenvalue weighted by Crippen LogP contribution is -2.18. The van der Waals surface area contributed by atoms with Crippen LogP contribution in [-0.2, 0) is 6.18 Å². The third-order valence-electron chi connectivity index (χ3n) is 4.34. The molecule has 1 N–H and O–H groups in total. The molecular weight excluding hydrogens is 371 g/mol. The zero-order valence-electron chi connectivity index (χ0n) is 14.6. The number of alkyl halides is 3. The summed E-state index contributed by atoms with van der Waals surface area (Å²) in [6.07, 6.45) is 0.0871. The van der Waals surface area contributed by atoms with Crippen LogP contribution >= 0.6 is 0 Å². The maximum atomic E-state index is 13.1. The quantitative estimate of drug-likeness (QED) is 0.578. The van der Waals surface area contributed by atoms with Gasteiger partial charge in [-0.3, -0.25) is 4.79 Å². The molecule has 0 atom stereocenters. The lowest BCUT2D eigenvalue weighted by Gasteiger charge is -2.15. The number of nitrogens with one attached hydrogen (secondary N) is 1. The molecule has 0 unspecified atom stereocenters. The first-order valence-corrected chi connectivity index (χ1v) is 8.30. The zero-order chi connectivity index (χ0) is 19.9. The highest BCUT2D eigenvalue weighted by Gasteiger charge is 2.31. The van der Waals surface area contributed by atoms with Crippen LogP contribution in [0.3, 0.4) is 0 Å². The Bertz CT molecular complexity index is 1180. The Balaban J connectivity index is 1.72. The van der Waals surface area contributed by atoms with Gasteiger partial charge in [0.25, 0.3) is 5.91 Å². The van der Waals surface area contributed by atoms with Crippen LogP contribution in [0.2, 0.25) is 0 Å². The third kappa shape index (κ3) is 3.11. The van der Waals surface area contributed by atoms with Crippen molar-refractivity contribution < 1.29 is 18.0 Å². The van der Waals surface area contributed by atoms with Crippen LogP contribution in [0.1, 0.15) is 21.6 Å². The first-order chi connectivity index (χ1) is 13.3. The molecule has 0 saturated heterocycles. The van der Waals surface area contributed by atoms with Crippen LogP contribution in [0.25, 0.3) is 11.2 Å². The van der Waals surface area contributed by atoms with Crippen molar-refractivity contribution >= 4 is 17.2 Å². The number of carbonyl (C=O) groups excluding carboxylic acids is 1. The molecule has 0 saturated carbocycles. The lowest BCUT2D eigenvalue weighted by atomic mass is 10.1. The van der Waals surface area contributed by atoms with Crippen molar-refractivity contribution in [3.05, 3.63) is 78.0 Å². The van der Waals surface area contributed by atoms with Gasteiger partial charge in [0.2, 0.25) is 0 Å². The van der Waals surface area contributed by atoms with Crippen molar-refractivity contribution in [2.75, 3.05) is 5.32 Å². The summed E-state index contributed by atoms with van der Waals surface area (Å²) in [4.78, 5) is 16.9. The van der Waals surface area contributed by atoms with E-state index in [4.69, 9.17) is 0 Å². The molecule has 3 heterocycles. The first-order valence-electron chi connectivity index (χ1n) is 8.30. The van der Waals surface area contributed by atoms with Gasteiger partial charge in [-0.1, -0.05) is 6.07 Å². The van der Waals surface area contributed by atoms with Gasteiger partial charge >= 0.3 is 6.18 Å². The number of fused-ring (bicyclic) bond motifs is 1. The maximum Gasteiger partial charge on any atom is 0.416 e. The monoisotopic (exact) mass is 385 g/mol. The predicted octanol–water partition coefficient (Wildman–Crippen LogP) is 4.10. The van der Waals surface area contributed by atoms with Crippen LogP contribution in [0.5, 0.6) is 0 Å². The summed E-state index contributed by atoms with van der Waals surface area (Å²) < 4.78 is 42.3. The van der Waals surface area contributed by atoms with Crippen molar-refractivity contribution in [1.82, 2.24) is 19.2 Å². The highest BCUT2D eigenvalue weighted by molar-refractivity contribution is 6.05. The van der Waals surface area contributed by atoms with Crippen molar-refractivity contribution in [3.8, 4) is 5.69 Å². The van der Waals surface area contributed by atoms with Gasteiger partial charge in [-0.2, -0.15) is 18.3 Å². The zero-order valence-corrected chi connectivity index (χ0v) is 14.6. The highest BCUT2D eigenvalue weighted by atomic mass is 19.4. The second-order valence-corrected chi connectivity index (χ2v) is 6.16. The van der Waals surface area contributed by atoms with Gasteiger partial charge in [0, 0.05) is 18.1 Å². The summed E-state index contributed by atoms with van der Waals surface area (Å²) in [7, 11) is 0. The van der Waals surface area contributed by atoms with Crippen LogP contribution < -0.4 is 5.32 Å². The summed E-state index contributed by atoms with van der Waals surface area (Å²) in [6.45, 7) is 1.69. The topological polar surface area (TPSA) is 64.2 Å². The number of hydrogen-bond donors (Lipinski definition) is 1. The number of anilines is 1. The second kappa shape index (κ2) is 6.52. The third-order valence-corrected chi connectivity index (χ3v) is 4.34. The molecule has 0 bridgehead atoms. The van der Waals surface area contributed by atoms with Crippen molar-refractivity contribution in [2.45, 2.75) is 13.1 Å². The van der Waals surface area contributed by atoms with Gasteiger partial charge in [-0.05, 0) is 48.9 Å². The van der Waals surface area contributed by atoms with Gasteiger partial charge in [0.1, 0.15) is 17.5 Å². The van der Waals surface area contributed by atoms with Crippen LogP contribution in [0, 0.1) is 6.92 Å². The largest absolute Gasteiger partial charge is 0.416 e. The predicted molar refractivity (Wildman–Crippen MR) is 96.4 cm³/mol. The number of halogens is 3. The number of amides is 1. The van der Waals surface area contributed by atoms with Gasteiger partial charge < -0.3 is 9.88 Å².